The molecular formula is C20H30N2O3. The number of carbonyl (C=O) groups is 2. The van der Waals surface area contributed by atoms with Crippen LogP contribution in [0.1, 0.15) is 57.6 Å². The molecule has 1 saturated heterocycles. The van der Waals surface area contributed by atoms with Crippen molar-refractivity contribution in [3.05, 3.63) is 35.9 Å². The predicted molar refractivity (Wildman–Crippen MR) is 98.0 cm³/mol. The third-order valence-corrected chi connectivity index (χ3v) is 4.51. The molecule has 5 nitrogen and oxygen atoms in total. The summed E-state index contributed by atoms with van der Waals surface area (Å²) < 4.78 is 5.24. The van der Waals surface area contributed by atoms with Gasteiger partial charge in [0.25, 0.3) is 0 Å². The summed E-state index contributed by atoms with van der Waals surface area (Å²) in [6, 6.07) is 9.27. The van der Waals surface area contributed by atoms with E-state index in [1.165, 1.54) is 0 Å². The first kappa shape index (κ1) is 19.4. The third kappa shape index (κ3) is 7.26. The Bertz CT molecular complexity index is 539. The molecule has 25 heavy (non-hydrogen) atoms. The number of benzene rings is 1. The lowest BCUT2D eigenvalue weighted by Crippen LogP contribution is -2.32. The Morgan fingerprint density at radius 1 is 1.20 bits per heavy atom. The molecule has 0 aliphatic carbocycles. The topological polar surface area (TPSA) is 67.4 Å². The number of piperidine rings is 1. The fourth-order valence-electron chi connectivity index (χ4n) is 3.19. The van der Waals surface area contributed by atoms with Crippen molar-refractivity contribution >= 4 is 11.9 Å². The summed E-state index contributed by atoms with van der Waals surface area (Å²) in [7, 11) is 0. The fourth-order valence-corrected chi connectivity index (χ4v) is 3.19. The first-order valence-corrected chi connectivity index (χ1v) is 9.29. The Balaban J connectivity index is 1.90. The van der Waals surface area contributed by atoms with Gasteiger partial charge in [0.15, 0.2) is 0 Å². The van der Waals surface area contributed by atoms with Gasteiger partial charge in [0.2, 0.25) is 5.91 Å². The summed E-state index contributed by atoms with van der Waals surface area (Å²) in [4.78, 5) is 24.4. The van der Waals surface area contributed by atoms with Crippen molar-refractivity contribution in [3.8, 4) is 0 Å². The number of carbonyl (C=O) groups excluding carboxylic acids is 2. The number of amides is 1. The molecule has 1 aromatic rings. The van der Waals surface area contributed by atoms with E-state index in [1.807, 2.05) is 44.2 Å². The standard InChI is InChI=1S/C20H30N2O3/c1-15(2)25-20(24)14-18(17-6-4-3-5-7-17)22-19(23)9-8-16-10-12-21-13-11-16/h3-7,15-16,18,21H,8-14H2,1-2H3,(H,22,23). The molecular weight excluding hydrogens is 316 g/mol. The monoisotopic (exact) mass is 346 g/mol. The highest BCUT2D eigenvalue weighted by Crippen LogP contribution is 2.20. The van der Waals surface area contributed by atoms with E-state index in [2.05, 4.69) is 10.6 Å². The average molecular weight is 346 g/mol. The Morgan fingerprint density at radius 3 is 2.52 bits per heavy atom. The molecule has 0 aromatic heterocycles. The lowest BCUT2D eigenvalue weighted by atomic mass is 9.93. The first-order valence-electron chi connectivity index (χ1n) is 9.29. The molecule has 2 N–H and O–H groups in total. The normalized spacial score (nSPS) is 16.4. The van der Waals surface area contributed by atoms with Crippen LogP contribution in [0.15, 0.2) is 30.3 Å². The maximum absolute atomic E-state index is 12.4. The van der Waals surface area contributed by atoms with Gasteiger partial charge in [-0.2, -0.15) is 0 Å². The summed E-state index contributed by atoms with van der Waals surface area (Å²) in [6.07, 6.45) is 3.69. The van der Waals surface area contributed by atoms with Crippen LogP contribution in [0.2, 0.25) is 0 Å². The van der Waals surface area contributed by atoms with Gasteiger partial charge in [-0.15, -0.1) is 0 Å². The zero-order valence-electron chi connectivity index (χ0n) is 15.3. The van der Waals surface area contributed by atoms with Crippen LogP contribution in [0.4, 0.5) is 0 Å². The van der Waals surface area contributed by atoms with E-state index in [1.54, 1.807) is 0 Å². The predicted octanol–water partition coefficient (Wildman–Crippen LogP) is 2.97. The van der Waals surface area contributed by atoms with Crippen molar-refractivity contribution in [1.82, 2.24) is 10.6 Å². The molecule has 138 valence electrons. The van der Waals surface area contributed by atoms with Crippen molar-refractivity contribution < 1.29 is 14.3 Å². The minimum absolute atomic E-state index is 0.00438. The molecule has 1 amide bonds. The second-order valence-corrected chi connectivity index (χ2v) is 7.01. The molecule has 0 radical (unpaired) electrons. The Hall–Kier alpha value is -1.88. The van der Waals surface area contributed by atoms with Gasteiger partial charge in [-0.25, -0.2) is 0 Å². The van der Waals surface area contributed by atoms with Crippen molar-refractivity contribution in [3.63, 3.8) is 0 Å². The van der Waals surface area contributed by atoms with Crippen LogP contribution < -0.4 is 10.6 Å². The number of esters is 1. The van der Waals surface area contributed by atoms with Crippen LogP contribution in [0.3, 0.4) is 0 Å². The summed E-state index contributed by atoms with van der Waals surface area (Å²) in [5.74, 6) is 0.334. The second kappa shape index (κ2) is 10.2. The minimum atomic E-state index is -0.340. The lowest BCUT2D eigenvalue weighted by molar-refractivity contribution is -0.148. The van der Waals surface area contributed by atoms with E-state index in [0.29, 0.717) is 12.3 Å². The van der Waals surface area contributed by atoms with Crippen LogP contribution >= 0.6 is 0 Å². The van der Waals surface area contributed by atoms with Crippen molar-refractivity contribution in [2.45, 2.75) is 58.1 Å². The molecule has 5 heteroatoms. The van der Waals surface area contributed by atoms with Crippen molar-refractivity contribution in [2.75, 3.05) is 13.1 Å². The Kier molecular flexibility index (Phi) is 7.92. The highest BCUT2D eigenvalue weighted by molar-refractivity contribution is 5.78. The largest absolute Gasteiger partial charge is 0.463 e. The van der Waals surface area contributed by atoms with Gasteiger partial charge in [0.05, 0.1) is 18.6 Å². The van der Waals surface area contributed by atoms with Gasteiger partial charge in [-0.1, -0.05) is 30.3 Å². The van der Waals surface area contributed by atoms with Gasteiger partial charge in [-0.3, -0.25) is 9.59 Å². The molecule has 0 bridgehead atoms. The number of nitrogens with one attached hydrogen (secondary N) is 2. The van der Waals surface area contributed by atoms with Crippen LogP contribution in [0.5, 0.6) is 0 Å². The highest BCUT2D eigenvalue weighted by atomic mass is 16.5. The van der Waals surface area contributed by atoms with Crippen molar-refractivity contribution in [2.24, 2.45) is 5.92 Å². The van der Waals surface area contributed by atoms with Crippen LogP contribution in [-0.4, -0.2) is 31.1 Å². The Labute approximate surface area is 150 Å². The number of hydrogen-bond donors (Lipinski definition) is 2. The molecule has 1 aromatic carbocycles. The summed E-state index contributed by atoms with van der Waals surface area (Å²) in [6.45, 7) is 5.74. The van der Waals surface area contributed by atoms with Gasteiger partial charge >= 0.3 is 5.97 Å². The zero-order chi connectivity index (χ0) is 18.1. The smallest absolute Gasteiger partial charge is 0.308 e. The van der Waals surface area contributed by atoms with Gasteiger partial charge in [0, 0.05) is 6.42 Å². The molecule has 2 rings (SSSR count). The van der Waals surface area contributed by atoms with E-state index in [4.69, 9.17) is 4.74 Å². The van der Waals surface area contributed by atoms with E-state index in [0.717, 1.165) is 37.9 Å². The highest BCUT2D eigenvalue weighted by Gasteiger charge is 2.21. The van der Waals surface area contributed by atoms with Gasteiger partial charge < -0.3 is 15.4 Å². The second-order valence-electron chi connectivity index (χ2n) is 7.01. The molecule has 0 spiro atoms. The van der Waals surface area contributed by atoms with Crippen LogP contribution in [-0.2, 0) is 14.3 Å². The lowest BCUT2D eigenvalue weighted by Gasteiger charge is -2.23. The van der Waals surface area contributed by atoms with E-state index < -0.39 is 0 Å². The fraction of sp³-hybridized carbons (Fsp3) is 0.600. The molecule has 1 unspecified atom stereocenters. The number of rotatable bonds is 8. The molecule has 1 aliphatic rings. The van der Waals surface area contributed by atoms with E-state index in [9.17, 15) is 9.59 Å². The average Bonchev–Trinajstić information content (AvgIpc) is 2.60. The molecule has 1 atom stereocenters. The van der Waals surface area contributed by atoms with E-state index in [-0.39, 0.29) is 30.4 Å². The molecule has 0 saturated carbocycles. The minimum Gasteiger partial charge on any atom is -0.463 e. The SMILES string of the molecule is CC(C)OC(=O)CC(NC(=O)CCC1CCNCC1)c1ccccc1. The number of hydrogen-bond acceptors (Lipinski definition) is 4. The van der Waals surface area contributed by atoms with Gasteiger partial charge in [-0.05, 0) is 57.7 Å². The molecule has 1 fully saturated rings. The van der Waals surface area contributed by atoms with Crippen LogP contribution in [0.25, 0.3) is 0 Å². The Morgan fingerprint density at radius 2 is 1.88 bits per heavy atom. The first-order chi connectivity index (χ1) is 12.0. The molecule has 1 aliphatic heterocycles. The van der Waals surface area contributed by atoms with Gasteiger partial charge in [0.1, 0.15) is 0 Å². The number of ether oxygens (including phenoxy) is 1. The zero-order valence-corrected chi connectivity index (χ0v) is 15.3. The summed E-state index contributed by atoms with van der Waals surface area (Å²) >= 11 is 0. The maximum atomic E-state index is 12.4. The molecule has 1 heterocycles. The quantitative estimate of drug-likeness (QED) is 0.710. The summed E-state index contributed by atoms with van der Waals surface area (Å²) in [5, 5.41) is 6.36. The maximum Gasteiger partial charge on any atom is 0.308 e. The summed E-state index contributed by atoms with van der Waals surface area (Å²) in [5.41, 5.74) is 0.929. The third-order valence-electron chi connectivity index (χ3n) is 4.51. The van der Waals surface area contributed by atoms with Crippen molar-refractivity contribution in [1.29, 1.82) is 0 Å². The van der Waals surface area contributed by atoms with Crippen LogP contribution in [0, 0.1) is 5.92 Å². The van der Waals surface area contributed by atoms with E-state index >= 15 is 0 Å².